The van der Waals surface area contributed by atoms with Gasteiger partial charge in [0.1, 0.15) is 0 Å². The van der Waals surface area contributed by atoms with E-state index in [4.69, 9.17) is 11.6 Å². The van der Waals surface area contributed by atoms with Crippen molar-refractivity contribution in [2.45, 2.75) is 5.38 Å². The maximum atomic E-state index is 6.41. The Kier molecular flexibility index (Phi) is 4.06. The SMILES string of the molecule is ClC(c1ccc(Br)cc1)c1ccc(Br)cc1. The number of halogens is 3. The van der Waals surface area contributed by atoms with Crippen molar-refractivity contribution in [3.8, 4) is 0 Å². The molecule has 0 nitrogen and oxygen atoms in total. The van der Waals surface area contributed by atoms with Gasteiger partial charge in [-0.3, -0.25) is 0 Å². The second-order valence-corrected chi connectivity index (χ2v) is 5.73. The van der Waals surface area contributed by atoms with E-state index in [0.29, 0.717) is 0 Å². The highest BCUT2D eigenvalue weighted by Gasteiger charge is 2.09. The number of benzene rings is 2. The zero-order valence-corrected chi connectivity index (χ0v) is 12.3. The summed E-state index contributed by atoms with van der Waals surface area (Å²) in [6.45, 7) is 0. The molecule has 0 saturated heterocycles. The fourth-order valence-corrected chi connectivity index (χ4v) is 2.28. The normalized spacial score (nSPS) is 10.8. The molecule has 0 aliphatic heterocycles. The number of hydrogen-bond acceptors (Lipinski definition) is 0. The van der Waals surface area contributed by atoms with Crippen molar-refractivity contribution in [1.29, 1.82) is 0 Å². The zero-order valence-electron chi connectivity index (χ0n) is 8.33. The molecule has 2 aromatic carbocycles. The van der Waals surface area contributed by atoms with Crippen LogP contribution in [-0.4, -0.2) is 0 Å². The van der Waals surface area contributed by atoms with Gasteiger partial charge in [0.15, 0.2) is 0 Å². The van der Waals surface area contributed by atoms with Gasteiger partial charge in [-0.2, -0.15) is 0 Å². The molecule has 0 N–H and O–H groups in total. The fraction of sp³-hybridized carbons (Fsp3) is 0.0769. The summed E-state index contributed by atoms with van der Waals surface area (Å²) in [4.78, 5) is 0. The Morgan fingerprint density at radius 2 is 1.00 bits per heavy atom. The first-order valence-electron chi connectivity index (χ1n) is 4.82. The van der Waals surface area contributed by atoms with Crippen molar-refractivity contribution in [3.63, 3.8) is 0 Å². The average molecular weight is 360 g/mol. The molecular formula is C13H9Br2Cl. The summed E-state index contributed by atoms with van der Waals surface area (Å²) in [7, 11) is 0. The minimum Gasteiger partial charge on any atom is -0.113 e. The maximum absolute atomic E-state index is 6.41. The minimum absolute atomic E-state index is 0.0961. The van der Waals surface area contributed by atoms with E-state index in [1.165, 1.54) is 0 Å². The van der Waals surface area contributed by atoms with Gasteiger partial charge in [-0.25, -0.2) is 0 Å². The summed E-state index contributed by atoms with van der Waals surface area (Å²) in [6, 6.07) is 16.1. The molecule has 0 saturated carbocycles. The van der Waals surface area contributed by atoms with Crippen molar-refractivity contribution < 1.29 is 0 Å². The van der Waals surface area contributed by atoms with E-state index in [1.54, 1.807) is 0 Å². The molecule has 2 rings (SSSR count). The molecule has 16 heavy (non-hydrogen) atoms. The first-order valence-corrected chi connectivity index (χ1v) is 6.84. The van der Waals surface area contributed by atoms with Gasteiger partial charge in [0, 0.05) is 8.95 Å². The van der Waals surface area contributed by atoms with Gasteiger partial charge in [-0.15, -0.1) is 11.6 Å². The quantitative estimate of drug-likeness (QED) is 0.617. The highest BCUT2D eigenvalue weighted by Crippen LogP contribution is 2.30. The van der Waals surface area contributed by atoms with E-state index in [1.807, 2.05) is 48.5 Å². The third-order valence-electron chi connectivity index (χ3n) is 2.33. The van der Waals surface area contributed by atoms with E-state index in [-0.39, 0.29) is 5.38 Å². The van der Waals surface area contributed by atoms with Gasteiger partial charge in [0.2, 0.25) is 0 Å². The largest absolute Gasteiger partial charge is 0.113 e. The maximum Gasteiger partial charge on any atom is 0.0835 e. The summed E-state index contributed by atoms with van der Waals surface area (Å²) in [5, 5.41) is -0.0961. The van der Waals surface area contributed by atoms with Crippen LogP contribution in [0.1, 0.15) is 16.5 Å². The molecule has 0 unspecified atom stereocenters. The van der Waals surface area contributed by atoms with E-state index in [0.717, 1.165) is 20.1 Å². The molecule has 0 aromatic heterocycles. The molecule has 0 aliphatic rings. The van der Waals surface area contributed by atoms with Gasteiger partial charge in [0.25, 0.3) is 0 Å². The summed E-state index contributed by atoms with van der Waals surface area (Å²) in [6.07, 6.45) is 0. The lowest BCUT2D eigenvalue weighted by Gasteiger charge is -2.10. The third kappa shape index (κ3) is 2.88. The molecule has 0 spiro atoms. The second kappa shape index (κ2) is 5.35. The van der Waals surface area contributed by atoms with Crippen LogP contribution in [0.3, 0.4) is 0 Å². The number of hydrogen-bond donors (Lipinski definition) is 0. The Bertz CT molecular complexity index is 417. The first kappa shape index (κ1) is 12.2. The molecule has 0 aliphatic carbocycles. The van der Waals surface area contributed by atoms with Crippen molar-refractivity contribution in [2.75, 3.05) is 0 Å². The standard InChI is InChI=1S/C13H9Br2Cl/c14-11-5-1-9(2-6-11)13(16)10-3-7-12(15)8-4-10/h1-8,13H. The summed E-state index contributed by atoms with van der Waals surface area (Å²) < 4.78 is 2.13. The Morgan fingerprint density at radius 1 is 0.688 bits per heavy atom. The van der Waals surface area contributed by atoms with Crippen molar-refractivity contribution in [2.24, 2.45) is 0 Å². The van der Waals surface area contributed by atoms with E-state index in [2.05, 4.69) is 31.9 Å². The Balaban J connectivity index is 2.28. The lowest BCUT2D eigenvalue weighted by atomic mass is 10.0. The van der Waals surface area contributed by atoms with Crippen LogP contribution in [0, 0.1) is 0 Å². The zero-order chi connectivity index (χ0) is 11.5. The molecule has 3 heteroatoms. The van der Waals surface area contributed by atoms with Crippen LogP contribution in [0.5, 0.6) is 0 Å². The summed E-state index contributed by atoms with van der Waals surface area (Å²) in [5.74, 6) is 0. The molecule has 0 amide bonds. The summed E-state index contributed by atoms with van der Waals surface area (Å²) >= 11 is 13.2. The monoisotopic (exact) mass is 358 g/mol. The van der Waals surface area contributed by atoms with Gasteiger partial charge in [-0.1, -0.05) is 56.1 Å². The van der Waals surface area contributed by atoms with Crippen LogP contribution < -0.4 is 0 Å². The van der Waals surface area contributed by atoms with Crippen LogP contribution in [-0.2, 0) is 0 Å². The third-order valence-corrected chi connectivity index (χ3v) is 3.89. The van der Waals surface area contributed by atoms with Gasteiger partial charge >= 0.3 is 0 Å². The molecule has 82 valence electrons. The topological polar surface area (TPSA) is 0 Å². The van der Waals surface area contributed by atoms with Crippen LogP contribution in [0.2, 0.25) is 0 Å². The van der Waals surface area contributed by atoms with Crippen molar-refractivity contribution >= 4 is 43.5 Å². The first-order chi connectivity index (χ1) is 7.66. The Hall–Kier alpha value is -0.310. The Morgan fingerprint density at radius 3 is 1.31 bits per heavy atom. The van der Waals surface area contributed by atoms with Crippen LogP contribution >= 0.6 is 43.5 Å². The molecular weight excluding hydrogens is 351 g/mol. The predicted molar refractivity (Wildman–Crippen MR) is 76.0 cm³/mol. The van der Waals surface area contributed by atoms with Crippen LogP contribution in [0.15, 0.2) is 57.5 Å². The Labute approximate surface area is 117 Å². The molecule has 0 bridgehead atoms. The van der Waals surface area contributed by atoms with Gasteiger partial charge in [0.05, 0.1) is 5.38 Å². The van der Waals surface area contributed by atoms with Gasteiger partial charge < -0.3 is 0 Å². The average Bonchev–Trinajstić information content (AvgIpc) is 2.30. The summed E-state index contributed by atoms with van der Waals surface area (Å²) in [5.41, 5.74) is 2.21. The van der Waals surface area contributed by atoms with Gasteiger partial charge in [-0.05, 0) is 35.4 Å². The molecule has 0 heterocycles. The molecule has 2 aromatic rings. The van der Waals surface area contributed by atoms with E-state index < -0.39 is 0 Å². The lowest BCUT2D eigenvalue weighted by molar-refractivity contribution is 1.14. The predicted octanol–water partition coefficient (Wildman–Crippen LogP) is 5.54. The second-order valence-electron chi connectivity index (χ2n) is 3.47. The molecule has 0 fully saturated rings. The number of rotatable bonds is 2. The smallest absolute Gasteiger partial charge is 0.0835 e. The lowest BCUT2D eigenvalue weighted by Crippen LogP contribution is -1.92. The van der Waals surface area contributed by atoms with Crippen LogP contribution in [0.4, 0.5) is 0 Å². The number of alkyl halides is 1. The minimum atomic E-state index is -0.0961. The van der Waals surface area contributed by atoms with Crippen molar-refractivity contribution in [3.05, 3.63) is 68.6 Å². The van der Waals surface area contributed by atoms with Crippen LogP contribution in [0.25, 0.3) is 0 Å². The van der Waals surface area contributed by atoms with E-state index in [9.17, 15) is 0 Å². The highest BCUT2D eigenvalue weighted by molar-refractivity contribution is 9.10. The molecule has 0 radical (unpaired) electrons. The highest BCUT2D eigenvalue weighted by atomic mass is 79.9. The molecule has 0 atom stereocenters. The van der Waals surface area contributed by atoms with Crippen molar-refractivity contribution in [1.82, 2.24) is 0 Å². The fourth-order valence-electron chi connectivity index (χ4n) is 1.46. The van der Waals surface area contributed by atoms with E-state index >= 15 is 0 Å².